The first-order valence-electron chi connectivity index (χ1n) is 6.01. The van der Waals surface area contributed by atoms with Crippen LogP contribution in [0.1, 0.15) is 24.9 Å². The van der Waals surface area contributed by atoms with E-state index in [0.717, 1.165) is 26.2 Å². The topological polar surface area (TPSA) is 15.3 Å². The van der Waals surface area contributed by atoms with Gasteiger partial charge in [0.2, 0.25) is 0 Å². The number of hydrogen-bond acceptors (Lipinski definition) is 2. The first kappa shape index (κ1) is 18.2. The Bertz CT molecular complexity index is 344. The number of nitrogens with zero attached hydrogens (tertiary/aromatic N) is 1. The lowest BCUT2D eigenvalue weighted by molar-refractivity contribution is 0.169. The van der Waals surface area contributed by atoms with Gasteiger partial charge in [-0.05, 0) is 24.1 Å². The van der Waals surface area contributed by atoms with E-state index in [1.165, 1.54) is 16.5 Å². The number of benzene rings is 1. The fraction of sp³-hybridized carbons (Fsp3) is 0.538. The van der Waals surface area contributed by atoms with Crippen LogP contribution in [0.25, 0.3) is 0 Å². The van der Waals surface area contributed by atoms with Gasteiger partial charge in [0.15, 0.2) is 0 Å². The van der Waals surface area contributed by atoms with Crippen molar-refractivity contribution in [2.45, 2.75) is 19.4 Å². The average Bonchev–Trinajstić information content (AvgIpc) is 2.31. The molecule has 2 rings (SSSR count). The largest absolute Gasteiger partial charge is 0.314 e. The molecule has 1 aromatic carbocycles. The van der Waals surface area contributed by atoms with Gasteiger partial charge < -0.3 is 5.32 Å². The van der Waals surface area contributed by atoms with Gasteiger partial charge in [-0.1, -0.05) is 35.0 Å². The lowest BCUT2D eigenvalue weighted by atomic mass is 10.0. The summed E-state index contributed by atoms with van der Waals surface area (Å²) in [6.07, 6.45) is 1.18. The molecule has 5 heteroatoms. The zero-order chi connectivity index (χ0) is 11.4. The molecule has 0 saturated carbocycles. The van der Waals surface area contributed by atoms with Gasteiger partial charge in [0, 0.05) is 36.7 Å². The smallest absolute Gasteiger partial charge is 0.0346 e. The molecule has 0 amide bonds. The Morgan fingerprint density at radius 1 is 1.28 bits per heavy atom. The van der Waals surface area contributed by atoms with Crippen molar-refractivity contribution in [3.8, 4) is 0 Å². The molecular formula is C13H21BrCl2N2. The Morgan fingerprint density at radius 2 is 1.94 bits per heavy atom. The molecule has 0 spiro atoms. The second-order valence-corrected chi connectivity index (χ2v) is 5.18. The van der Waals surface area contributed by atoms with Gasteiger partial charge in [-0.15, -0.1) is 24.8 Å². The predicted molar refractivity (Wildman–Crippen MR) is 86.1 cm³/mol. The summed E-state index contributed by atoms with van der Waals surface area (Å²) < 4.78 is 1.18. The Kier molecular flexibility index (Phi) is 9.26. The Labute approximate surface area is 130 Å². The quantitative estimate of drug-likeness (QED) is 0.890. The molecule has 1 saturated heterocycles. The zero-order valence-electron chi connectivity index (χ0n) is 10.6. The van der Waals surface area contributed by atoms with Crippen molar-refractivity contribution < 1.29 is 0 Å². The number of piperazine rings is 1. The molecule has 1 fully saturated rings. The van der Waals surface area contributed by atoms with Gasteiger partial charge in [0.1, 0.15) is 0 Å². The van der Waals surface area contributed by atoms with E-state index in [0.29, 0.717) is 6.04 Å². The third-order valence-electron chi connectivity index (χ3n) is 3.21. The normalized spacial score (nSPS) is 17.4. The highest BCUT2D eigenvalue weighted by Crippen LogP contribution is 2.26. The van der Waals surface area contributed by atoms with Crippen molar-refractivity contribution in [3.63, 3.8) is 0 Å². The summed E-state index contributed by atoms with van der Waals surface area (Å²) in [5, 5.41) is 3.41. The lowest BCUT2D eigenvalue weighted by Crippen LogP contribution is -2.45. The van der Waals surface area contributed by atoms with Crippen molar-refractivity contribution in [1.29, 1.82) is 0 Å². The monoisotopic (exact) mass is 354 g/mol. The fourth-order valence-electron chi connectivity index (χ4n) is 2.41. The fourth-order valence-corrected chi connectivity index (χ4v) is 2.83. The third kappa shape index (κ3) is 4.71. The summed E-state index contributed by atoms with van der Waals surface area (Å²) in [5.74, 6) is 0. The molecule has 0 radical (unpaired) electrons. The summed E-state index contributed by atoms with van der Waals surface area (Å²) in [6, 6.07) is 9.27. The average molecular weight is 356 g/mol. The van der Waals surface area contributed by atoms with E-state index in [4.69, 9.17) is 0 Å². The van der Waals surface area contributed by atoms with Crippen LogP contribution >= 0.6 is 40.7 Å². The summed E-state index contributed by atoms with van der Waals surface area (Å²) in [5.41, 5.74) is 1.43. The van der Waals surface area contributed by atoms with Crippen molar-refractivity contribution in [1.82, 2.24) is 10.2 Å². The van der Waals surface area contributed by atoms with E-state index >= 15 is 0 Å². The van der Waals surface area contributed by atoms with Gasteiger partial charge in [-0.2, -0.15) is 0 Å². The first-order chi connectivity index (χ1) is 7.81. The van der Waals surface area contributed by atoms with Gasteiger partial charge in [0.05, 0.1) is 0 Å². The number of nitrogens with one attached hydrogen (secondary N) is 1. The molecule has 0 aliphatic carbocycles. The van der Waals surface area contributed by atoms with E-state index in [1.54, 1.807) is 0 Å². The molecule has 0 aromatic heterocycles. The van der Waals surface area contributed by atoms with Crippen LogP contribution in [0.2, 0.25) is 0 Å². The van der Waals surface area contributed by atoms with E-state index in [-0.39, 0.29) is 24.8 Å². The SMILES string of the molecule is CC[C@@H](c1cccc(Br)c1)N1CCNCC1.Cl.Cl. The number of hydrogen-bond donors (Lipinski definition) is 1. The van der Waals surface area contributed by atoms with Crippen molar-refractivity contribution >= 4 is 40.7 Å². The Morgan fingerprint density at radius 3 is 2.50 bits per heavy atom. The molecule has 1 aliphatic rings. The van der Waals surface area contributed by atoms with Gasteiger partial charge >= 0.3 is 0 Å². The third-order valence-corrected chi connectivity index (χ3v) is 3.71. The van der Waals surface area contributed by atoms with Crippen LogP contribution in [0.15, 0.2) is 28.7 Å². The number of rotatable bonds is 3. The molecule has 1 N–H and O–H groups in total. The van der Waals surface area contributed by atoms with Gasteiger partial charge in [0.25, 0.3) is 0 Å². The standard InChI is InChI=1S/C13H19BrN2.2ClH/c1-2-13(16-8-6-15-7-9-16)11-4-3-5-12(14)10-11;;/h3-5,10,13,15H,2,6-9H2,1H3;2*1H/t13-;;/m0../s1. The Hall–Kier alpha value is 0.200. The maximum absolute atomic E-state index is 3.55. The molecule has 0 unspecified atom stereocenters. The summed E-state index contributed by atoms with van der Waals surface area (Å²) in [7, 11) is 0. The van der Waals surface area contributed by atoms with Crippen LogP contribution in [0.4, 0.5) is 0 Å². The molecule has 18 heavy (non-hydrogen) atoms. The van der Waals surface area contributed by atoms with Crippen molar-refractivity contribution in [2.75, 3.05) is 26.2 Å². The van der Waals surface area contributed by atoms with Crippen LogP contribution in [0.3, 0.4) is 0 Å². The maximum Gasteiger partial charge on any atom is 0.0346 e. The summed E-state index contributed by atoms with van der Waals surface area (Å²) >= 11 is 3.55. The molecule has 104 valence electrons. The molecule has 1 aliphatic heterocycles. The lowest BCUT2D eigenvalue weighted by Gasteiger charge is -2.34. The molecule has 0 bridgehead atoms. The van der Waals surface area contributed by atoms with Crippen LogP contribution in [0.5, 0.6) is 0 Å². The first-order valence-corrected chi connectivity index (χ1v) is 6.81. The van der Waals surface area contributed by atoms with E-state index < -0.39 is 0 Å². The highest BCUT2D eigenvalue weighted by molar-refractivity contribution is 9.10. The minimum Gasteiger partial charge on any atom is -0.314 e. The summed E-state index contributed by atoms with van der Waals surface area (Å²) in [6.45, 7) is 6.82. The highest BCUT2D eigenvalue weighted by Gasteiger charge is 2.20. The summed E-state index contributed by atoms with van der Waals surface area (Å²) in [4.78, 5) is 2.58. The highest BCUT2D eigenvalue weighted by atomic mass is 79.9. The molecule has 1 aromatic rings. The van der Waals surface area contributed by atoms with Crippen LogP contribution < -0.4 is 5.32 Å². The van der Waals surface area contributed by atoms with Crippen molar-refractivity contribution in [2.24, 2.45) is 0 Å². The Balaban J connectivity index is 0.00000144. The molecule has 1 atom stereocenters. The molecule has 2 nitrogen and oxygen atoms in total. The van der Waals surface area contributed by atoms with Gasteiger partial charge in [-0.25, -0.2) is 0 Å². The van der Waals surface area contributed by atoms with E-state index in [2.05, 4.69) is 57.3 Å². The number of halogens is 3. The van der Waals surface area contributed by atoms with Crippen molar-refractivity contribution in [3.05, 3.63) is 34.3 Å². The van der Waals surface area contributed by atoms with E-state index in [1.807, 2.05) is 0 Å². The minimum absolute atomic E-state index is 0. The maximum atomic E-state index is 3.55. The zero-order valence-corrected chi connectivity index (χ0v) is 13.8. The second-order valence-electron chi connectivity index (χ2n) is 4.27. The van der Waals surface area contributed by atoms with Gasteiger partial charge in [-0.3, -0.25) is 4.90 Å². The molecule has 1 heterocycles. The van der Waals surface area contributed by atoms with E-state index in [9.17, 15) is 0 Å². The van der Waals surface area contributed by atoms with Crippen LogP contribution in [0, 0.1) is 0 Å². The second kappa shape index (κ2) is 9.16. The van der Waals surface area contributed by atoms with Crippen LogP contribution in [-0.2, 0) is 0 Å². The predicted octanol–water partition coefficient (Wildman–Crippen LogP) is 3.65. The van der Waals surface area contributed by atoms with Crippen LogP contribution in [-0.4, -0.2) is 31.1 Å². The molecular weight excluding hydrogens is 335 g/mol. The minimum atomic E-state index is 0.